The number of cyclic esters (lactones) is 1. The Morgan fingerprint density at radius 1 is 0.975 bits per heavy atom. The molecule has 3 aromatic rings. The Morgan fingerprint density at radius 2 is 1.68 bits per heavy atom. The Morgan fingerprint density at radius 3 is 2.38 bits per heavy atom. The van der Waals surface area contributed by atoms with Crippen LogP contribution in [0.2, 0.25) is 0 Å². The van der Waals surface area contributed by atoms with Gasteiger partial charge in [-0.15, -0.1) is 24.8 Å². The maximum Gasteiger partial charge on any atom is 0.343 e. The molecule has 0 bridgehead atoms. The van der Waals surface area contributed by atoms with Crippen molar-refractivity contribution < 1.29 is 24.1 Å². The molecule has 0 spiro atoms. The van der Waals surface area contributed by atoms with Gasteiger partial charge in [-0.25, -0.2) is 9.78 Å². The van der Waals surface area contributed by atoms with Crippen LogP contribution in [0.1, 0.15) is 35.6 Å². The molecule has 0 unspecified atom stereocenters. The summed E-state index contributed by atoms with van der Waals surface area (Å²) in [5.74, 6) is 0.642. The van der Waals surface area contributed by atoms with Crippen molar-refractivity contribution in [2.24, 2.45) is 0 Å². The lowest BCUT2D eigenvalue weighted by atomic mass is 9.86. The lowest BCUT2D eigenvalue weighted by Gasteiger charge is -2.33. The Bertz CT molecular complexity index is 1570. The van der Waals surface area contributed by atoms with Gasteiger partial charge >= 0.3 is 5.97 Å². The van der Waals surface area contributed by atoms with Crippen molar-refractivity contribution in [3.05, 3.63) is 50.8 Å². The SMILES string of the molecule is CC[C@]1(O)C(=O)OCc2c1cc1n(c2=O)Cc2c-1nc1cc3c(cc1c2CN1CCN(C)CC1)OCCO3.Cl.Cl. The van der Waals surface area contributed by atoms with Crippen LogP contribution in [-0.2, 0) is 34.8 Å². The highest BCUT2D eigenvalue weighted by Gasteiger charge is 2.45. The zero-order valence-corrected chi connectivity index (χ0v) is 24.0. The van der Waals surface area contributed by atoms with Gasteiger partial charge in [0.15, 0.2) is 17.1 Å². The number of nitrogens with zero attached hydrogens (tertiary/aromatic N) is 4. The number of ether oxygens (including phenoxy) is 3. The van der Waals surface area contributed by atoms with Gasteiger partial charge in [-0.1, -0.05) is 6.92 Å². The van der Waals surface area contributed by atoms with E-state index in [1.54, 1.807) is 17.6 Å². The van der Waals surface area contributed by atoms with Crippen LogP contribution < -0.4 is 15.0 Å². The fourth-order valence-corrected chi connectivity index (χ4v) is 6.11. The van der Waals surface area contributed by atoms with E-state index in [2.05, 4.69) is 16.8 Å². The zero-order chi connectivity index (χ0) is 26.2. The van der Waals surface area contributed by atoms with Gasteiger partial charge in [-0.05, 0) is 31.2 Å². The number of esters is 1. The number of hydrogen-bond donors (Lipinski definition) is 1. The second-order valence-corrected chi connectivity index (χ2v) is 10.6. The van der Waals surface area contributed by atoms with E-state index in [0.717, 1.165) is 54.8 Å². The van der Waals surface area contributed by atoms with Gasteiger partial charge in [0.2, 0.25) is 0 Å². The van der Waals surface area contributed by atoms with Crippen LogP contribution in [0.3, 0.4) is 0 Å². The number of halogens is 2. The fourth-order valence-electron chi connectivity index (χ4n) is 6.11. The summed E-state index contributed by atoms with van der Waals surface area (Å²) in [7, 11) is 2.14. The smallest absolute Gasteiger partial charge is 0.343 e. The molecule has 1 atom stereocenters. The van der Waals surface area contributed by atoms with Crippen LogP contribution in [0.5, 0.6) is 11.5 Å². The highest BCUT2D eigenvalue weighted by molar-refractivity contribution is 5.91. The van der Waals surface area contributed by atoms with E-state index >= 15 is 0 Å². The Balaban J connectivity index is 0.00000161. The summed E-state index contributed by atoms with van der Waals surface area (Å²) in [6.45, 7) is 7.52. The minimum Gasteiger partial charge on any atom is -0.486 e. The Hall–Kier alpha value is -2.89. The van der Waals surface area contributed by atoms with Crippen molar-refractivity contribution in [1.29, 1.82) is 0 Å². The van der Waals surface area contributed by atoms with Crippen LogP contribution in [0, 0.1) is 0 Å². The molecule has 1 saturated heterocycles. The van der Waals surface area contributed by atoms with Gasteiger partial charge in [0.1, 0.15) is 19.8 Å². The molecule has 1 aromatic carbocycles. The van der Waals surface area contributed by atoms with Crippen molar-refractivity contribution in [3.63, 3.8) is 0 Å². The van der Waals surface area contributed by atoms with Crippen LogP contribution >= 0.6 is 24.8 Å². The number of likely N-dealkylation sites (N-methyl/N-ethyl adjacent to an activating group) is 1. The first kappa shape index (κ1) is 28.6. The van der Waals surface area contributed by atoms with Crippen molar-refractivity contribution in [2.45, 2.75) is 38.6 Å². The molecule has 10 nitrogen and oxygen atoms in total. The normalized spacial score (nSPS) is 21.5. The molecule has 2 aromatic heterocycles. The molecule has 0 aliphatic carbocycles. The number of benzene rings is 1. The van der Waals surface area contributed by atoms with Gasteiger partial charge in [0.05, 0.1) is 29.0 Å². The van der Waals surface area contributed by atoms with E-state index in [-0.39, 0.29) is 43.4 Å². The summed E-state index contributed by atoms with van der Waals surface area (Å²) < 4.78 is 18.7. The first-order valence-electron chi connectivity index (χ1n) is 13.2. The zero-order valence-electron chi connectivity index (χ0n) is 22.4. The molecule has 214 valence electrons. The number of aliphatic hydroxyl groups is 1. The summed E-state index contributed by atoms with van der Waals surface area (Å²) in [5.41, 5.74) is 2.73. The number of carbonyl (C=O) groups is 1. The first-order valence-corrected chi connectivity index (χ1v) is 13.2. The largest absolute Gasteiger partial charge is 0.486 e. The van der Waals surface area contributed by atoms with Crippen molar-refractivity contribution in [1.82, 2.24) is 19.4 Å². The lowest BCUT2D eigenvalue weighted by molar-refractivity contribution is -0.172. The molecule has 12 heteroatoms. The predicted octanol–water partition coefficient (Wildman–Crippen LogP) is 2.44. The molecule has 40 heavy (non-hydrogen) atoms. The molecular weight excluding hydrogens is 559 g/mol. The van der Waals surface area contributed by atoms with Crippen LogP contribution in [0.25, 0.3) is 22.3 Å². The summed E-state index contributed by atoms with van der Waals surface area (Å²) in [6.07, 6.45) is 0.109. The predicted molar refractivity (Wildman–Crippen MR) is 153 cm³/mol. The average molecular weight is 591 g/mol. The van der Waals surface area contributed by atoms with Gasteiger partial charge in [-0.3, -0.25) is 9.69 Å². The van der Waals surface area contributed by atoms with Crippen molar-refractivity contribution in [2.75, 3.05) is 46.4 Å². The standard InChI is InChI=1S/C28H30N4O6.2ClH/c1-3-28(35)20-11-22-25-18(14-32(22)26(33)19(20)15-38-27(28)34)17(13-31-6-4-30(2)5-7-31)16-10-23-24(12-21(16)29-25)37-9-8-36-23;;/h10-12,35H,3-9,13-15H2,1-2H3;2*1H/t28-;;/m1../s1. The maximum atomic E-state index is 13.7. The van der Waals surface area contributed by atoms with Crippen molar-refractivity contribution >= 4 is 41.7 Å². The molecule has 0 saturated carbocycles. The summed E-state index contributed by atoms with van der Waals surface area (Å²) in [6, 6.07) is 5.70. The fraction of sp³-hybridized carbons (Fsp3) is 0.464. The molecule has 4 aliphatic heterocycles. The first-order chi connectivity index (χ1) is 18.4. The minimum absolute atomic E-state index is 0. The second kappa shape index (κ2) is 10.5. The maximum absolute atomic E-state index is 13.7. The van der Waals surface area contributed by atoms with Gasteiger partial charge in [-0.2, -0.15) is 0 Å². The lowest BCUT2D eigenvalue weighted by Crippen LogP contribution is -2.44. The third kappa shape index (κ3) is 4.24. The van der Waals surface area contributed by atoms with Gasteiger partial charge < -0.3 is 28.8 Å². The molecule has 4 aliphatic rings. The molecule has 0 radical (unpaired) electrons. The van der Waals surface area contributed by atoms with E-state index in [4.69, 9.17) is 19.2 Å². The van der Waals surface area contributed by atoms with Crippen LogP contribution in [-0.4, -0.2) is 76.9 Å². The summed E-state index contributed by atoms with van der Waals surface area (Å²) in [5, 5.41) is 12.2. The highest BCUT2D eigenvalue weighted by Crippen LogP contribution is 2.43. The van der Waals surface area contributed by atoms with E-state index in [9.17, 15) is 14.7 Å². The molecule has 0 amide bonds. The van der Waals surface area contributed by atoms with Gasteiger partial charge in [0, 0.05) is 55.3 Å². The number of carbonyl (C=O) groups excluding carboxylic acids is 1. The quantitative estimate of drug-likeness (QED) is 0.360. The Kier molecular flexibility index (Phi) is 7.52. The van der Waals surface area contributed by atoms with E-state index in [1.807, 2.05) is 12.1 Å². The second-order valence-electron chi connectivity index (χ2n) is 10.6. The third-order valence-corrected chi connectivity index (χ3v) is 8.45. The van der Waals surface area contributed by atoms with E-state index in [1.165, 1.54) is 0 Å². The number of fused-ring (bicyclic) bond motifs is 6. The molecule has 1 fully saturated rings. The van der Waals surface area contributed by atoms with E-state index in [0.29, 0.717) is 53.8 Å². The van der Waals surface area contributed by atoms with Crippen molar-refractivity contribution in [3.8, 4) is 22.9 Å². The monoisotopic (exact) mass is 590 g/mol. The molecular formula is C28H32Cl2N4O6. The highest BCUT2D eigenvalue weighted by atomic mass is 35.5. The number of pyridine rings is 2. The number of aromatic nitrogens is 2. The molecule has 1 N–H and O–H groups in total. The number of piperazine rings is 1. The summed E-state index contributed by atoms with van der Waals surface area (Å²) >= 11 is 0. The van der Waals surface area contributed by atoms with Crippen LogP contribution in [0.15, 0.2) is 23.0 Å². The topological polar surface area (TPSA) is 106 Å². The molecule has 7 rings (SSSR count). The minimum atomic E-state index is -1.85. The van der Waals surface area contributed by atoms with E-state index < -0.39 is 11.6 Å². The molecule has 6 heterocycles. The number of rotatable bonds is 3. The Labute approximate surface area is 243 Å². The van der Waals surface area contributed by atoms with Gasteiger partial charge in [0.25, 0.3) is 5.56 Å². The number of hydrogen-bond acceptors (Lipinski definition) is 9. The average Bonchev–Trinajstić information content (AvgIpc) is 3.30. The summed E-state index contributed by atoms with van der Waals surface area (Å²) in [4.78, 5) is 36.0. The van der Waals surface area contributed by atoms with Crippen LogP contribution in [0.4, 0.5) is 0 Å². The third-order valence-electron chi connectivity index (χ3n) is 8.45.